The maximum atomic E-state index is 8.83. The Bertz CT molecular complexity index is 685. The van der Waals surface area contributed by atoms with Crippen molar-refractivity contribution in [3.63, 3.8) is 0 Å². The molecule has 1 unspecified atom stereocenters. The number of aliphatic hydroxyl groups excluding tert-OH is 5. The second-order valence-electron chi connectivity index (χ2n) is 25.7. The van der Waals surface area contributed by atoms with Gasteiger partial charge in [0.15, 0.2) is 0 Å². The van der Waals surface area contributed by atoms with Crippen molar-refractivity contribution in [3.05, 3.63) is 0 Å². The highest BCUT2D eigenvalue weighted by Gasteiger charge is 2.08. The second kappa shape index (κ2) is 66.6. The third-order valence-corrected chi connectivity index (χ3v) is 6.01. The Morgan fingerprint density at radius 3 is 0.347 bits per heavy atom. The molecule has 3 atom stereocenters. The molecular formula is C60H148O12. The highest BCUT2D eigenvalue weighted by Crippen LogP contribution is 2.04. The summed E-state index contributed by atoms with van der Waals surface area (Å²) < 4.78 is 0. The van der Waals surface area contributed by atoms with Crippen LogP contribution < -0.4 is 0 Å². The molecule has 72 heavy (non-hydrogen) atoms. The minimum absolute atomic E-state index is 0.116. The van der Waals surface area contributed by atoms with Gasteiger partial charge in [0, 0.05) is 0 Å². The molecule has 12 heteroatoms. The van der Waals surface area contributed by atoms with E-state index in [9.17, 15) is 0 Å². The van der Waals surface area contributed by atoms with Crippen molar-refractivity contribution < 1.29 is 61.3 Å². The molecule has 0 aromatic rings. The van der Waals surface area contributed by atoms with E-state index >= 15 is 0 Å². The maximum absolute atomic E-state index is 8.83. The van der Waals surface area contributed by atoms with Crippen LogP contribution in [-0.4, -0.2) is 132 Å². The number of aliphatic hydroxyl groups is 12. The summed E-state index contributed by atoms with van der Waals surface area (Å²) in [6.07, 6.45) is 6.50. The lowest BCUT2D eigenvalue weighted by molar-refractivity contribution is 0.0183. The summed E-state index contributed by atoms with van der Waals surface area (Å²) >= 11 is 0. The average molecular weight is 1060 g/mol. The van der Waals surface area contributed by atoms with Crippen LogP contribution in [-0.2, 0) is 0 Å². The Labute approximate surface area is 455 Å². The molecule has 0 fully saturated rings. The Balaban J connectivity index is -0.0000000420. The van der Waals surface area contributed by atoms with Gasteiger partial charge in [-0.25, -0.2) is 0 Å². The molecule has 0 saturated heterocycles. The van der Waals surface area contributed by atoms with Gasteiger partial charge in [0.05, 0.1) is 70.7 Å². The van der Waals surface area contributed by atoms with Gasteiger partial charge in [-0.15, -0.1) is 0 Å². The summed E-state index contributed by atoms with van der Waals surface area (Å²) in [5.41, 5.74) is -3.82. The molecule has 0 spiro atoms. The minimum atomic E-state index is -0.903. The van der Waals surface area contributed by atoms with Crippen molar-refractivity contribution in [1.82, 2.24) is 0 Å². The fourth-order valence-electron chi connectivity index (χ4n) is 0. The topological polar surface area (TPSA) is 243 Å². The first-order valence-corrected chi connectivity index (χ1v) is 27.4. The third-order valence-electron chi connectivity index (χ3n) is 6.01. The highest BCUT2D eigenvalue weighted by atomic mass is 16.3. The summed E-state index contributed by atoms with van der Waals surface area (Å²) in [5.74, 6) is 3.49. The number of hydrogen-bond donors (Lipinski definition) is 12. The van der Waals surface area contributed by atoms with Crippen LogP contribution in [0.1, 0.15) is 301 Å². The zero-order chi connectivity index (χ0) is 62.9. The quantitative estimate of drug-likeness (QED) is 0.103. The van der Waals surface area contributed by atoms with Gasteiger partial charge >= 0.3 is 0 Å². The predicted octanol–water partition coefficient (Wildman–Crippen LogP) is 13.9. The van der Waals surface area contributed by atoms with Gasteiger partial charge in [-0.2, -0.15) is 0 Å². The molecule has 12 N–H and O–H groups in total. The van der Waals surface area contributed by atoms with Crippen LogP contribution in [0.4, 0.5) is 0 Å². The molecule has 0 rings (SSSR count). The van der Waals surface area contributed by atoms with Crippen LogP contribution in [0.3, 0.4) is 0 Å². The number of rotatable bonds is 9. The largest absolute Gasteiger partial charge is 0.394 e. The van der Waals surface area contributed by atoms with Gasteiger partial charge < -0.3 is 61.3 Å². The highest BCUT2D eigenvalue weighted by molar-refractivity contribution is 4.60. The first-order chi connectivity index (χ1) is 31.0. The van der Waals surface area contributed by atoms with Crippen molar-refractivity contribution in [1.29, 1.82) is 0 Å². The molecule has 0 heterocycles. The van der Waals surface area contributed by atoms with E-state index in [-0.39, 0.29) is 25.4 Å². The molecule has 0 aliphatic rings. The lowest BCUT2D eigenvalue weighted by atomic mass is 10.1. The Morgan fingerprint density at radius 1 is 0.278 bits per heavy atom. The monoisotopic (exact) mass is 1060 g/mol. The van der Waals surface area contributed by atoms with E-state index < -0.39 is 45.3 Å². The molecule has 0 bridgehead atoms. The van der Waals surface area contributed by atoms with Crippen molar-refractivity contribution >= 4 is 0 Å². The molecule has 12 nitrogen and oxygen atoms in total. The van der Waals surface area contributed by atoms with Gasteiger partial charge in [0.25, 0.3) is 0 Å². The van der Waals surface area contributed by atoms with E-state index in [2.05, 4.69) is 83.1 Å². The number of hydrogen-bond acceptors (Lipinski definition) is 12. The van der Waals surface area contributed by atoms with Crippen LogP contribution in [0.25, 0.3) is 0 Å². The predicted molar refractivity (Wildman–Crippen MR) is 323 cm³/mol. The summed E-state index contributed by atoms with van der Waals surface area (Å²) in [7, 11) is 0. The molecular weight excluding hydrogens is 913 g/mol. The summed E-state index contributed by atoms with van der Waals surface area (Å²) in [6.45, 7) is 70.2. The van der Waals surface area contributed by atoms with E-state index in [1.165, 1.54) is 26.2 Å². The van der Waals surface area contributed by atoms with E-state index in [1.54, 1.807) is 138 Å². The average Bonchev–Trinajstić information content (AvgIpc) is 3.12. The van der Waals surface area contributed by atoms with Crippen molar-refractivity contribution in [2.45, 2.75) is 359 Å². The second-order valence-corrected chi connectivity index (χ2v) is 25.7. The van der Waals surface area contributed by atoms with E-state index in [4.69, 9.17) is 61.3 Å². The fraction of sp³-hybridized carbons (Fsp3) is 1.00. The molecule has 0 saturated carbocycles. The minimum Gasteiger partial charge on any atom is -0.394 e. The van der Waals surface area contributed by atoms with Gasteiger partial charge in [-0.1, -0.05) is 130 Å². The Kier molecular flexibility index (Phi) is 99.5. The van der Waals surface area contributed by atoms with Crippen LogP contribution in [0, 0.1) is 23.7 Å². The van der Waals surface area contributed by atoms with Crippen LogP contribution in [0.2, 0.25) is 0 Å². The van der Waals surface area contributed by atoms with Crippen LogP contribution >= 0.6 is 0 Å². The van der Waals surface area contributed by atoms with Crippen molar-refractivity contribution in [3.8, 4) is 0 Å². The van der Waals surface area contributed by atoms with E-state index in [0.29, 0.717) is 0 Å². The SMILES string of the molecule is CC(C)(C)O.CC(C)(C)O.CC(C)(C)O.CC(C)(C)O.CC(C)(O)CO.CC(C)C.CCC(C)(C)O.CCC(C)(C)O.CCC(C)C.CCC(C)C.CCC(C)C.CCC(C)O.CC[C@H](C)O.C[C@@H](O)CO. The third kappa shape index (κ3) is 775. The van der Waals surface area contributed by atoms with Crippen LogP contribution in [0.5, 0.6) is 0 Å². The fourth-order valence-corrected chi connectivity index (χ4v) is 0. The first kappa shape index (κ1) is 108. The van der Waals surface area contributed by atoms with Crippen molar-refractivity contribution in [2.75, 3.05) is 13.2 Å². The molecule has 0 aromatic carbocycles. The zero-order valence-corrected chi connectivity index (χ0v) is 56.3. The summed E-state index contributed by atoms with van der Waals surface area (Å²) in [5, 5.41) is 101. The lowest BCUT2D eigenvalue weighted by Gasteiger charge is -2.11. The Morgan fingerprint density at radius 2 is 0.347 bits per heavy atom. The maximum Gasteiger partial charge on any atom is 0.0821 e. The van der Waals surface area contributed by atoms with Gasteiger partial charge in [-0.3, -0.25) is 0 Å². The van der Waals surface area contributed by atoms with Crippen LogP contribution in [0.15, 0.2) is 0 Å². The molecule has 460 valence electrons. The summed E-state index contributed by atoms with van der Waals surface area (Å²) in [6, 6.07) is 0. The van der Waals surface area contributed by atoms with Gasteiger partial charge in [0.1, 0.15) is 0 Å². The van der Waals surface area contributed by atoms with Crippen molar-refractivity contribution in [2.24, 2.45) is 23.7 Å². The normalized spacial score (nSPS) is 12.0. The lowest BCUT2D eigenvalue weighted by Crippen LogP contribution is -2.23. The zero-order valence-electron chi connectivity index (χ0n) is 56.3. The first-order valence-electron chi connectivity index (χ1n) is 27.4. The smallest absolute Gasteiger partial charge is 0.0821 e. The molecule has 0 aromatic heterocycles. The van der Waals surface area contributed by atoms with Gasteiger partial charge in [-0.05, 0) is 195 Å². The standard InChI is InChI=1S/2C5H12O.3C5H12.C4H10O2.6C4H10O.C4H10.C3H8O2/c2*1-4-5(2,3)6;3*1-4-5(2)3;1-4(2,6)3-5;4*1-4(2,3)5;2*1-3-4(2)5;1-4(2)3;1-3(5)2-4/h2*6H,4H2,1-3H3;3*5H,4H2,1-3H3;5-6H,3H2,1-2H3;4*5H,1-3H3;2*4-5H,3H2,1-2H3;4H,1-3H3;3-5H,2H2,1H3/t;;;;;;;;;;4-;;;3-/m..........0..1/s1. The van der Waals surface area contributed by atoms with E-state index in [1.807, 2.05) is 27.7 Å². The summed E-state index contributed by atoms with van der Waals surface area (Å²) in [4.78, 5) is 0. The molecule has 0 amide bonds. The van der Waals surface area contributed by atoms with E-state index in [0.717, 1.165) is 49.4 Å². The van der Waals surface area contributed by atoms with Gasteiger partial charge in [0.2, 0.25) is 0 Å². The molecule has 0 aliphatic heterocycles. The molecule has 0 radical (unpaired) electrons. The Hall–Kier alpha value is -0.480. The molecule has 0 aliphatic carbocycles.